The van der Waals surface area contributed by atoms with Gasteiger partial charge in [-0.2, -0.15) is 8.42 Å². The molecule has 0 aromatic heterocycles. The van der Waals surface area contributed by atoms with Crippen molar-refractivity contribution >= 4 is 10.3 Å². The Kier molecular flexibility index (Phi) is 8.15. The quantitative estimate of drug-likeness (QED) is 0.556. The molecule has 132 valence electrons. The minimum Gasteiger partial charge on any atom is -0.366 e. The average Bonchev–Trinajstić information content (AvgIpc) is 2.45. The van der Waals surface area contributed by atoms with E-state index in [2.05, 4.69) is 4.18 Å². The zero-order chi connectivity index (χ0) is 17.3. The Bertz CT molecular complexity index is 564. The molecule has 1 aliphatic rings. The van der Waals surface area contributed by atoms with Crippen molar-refractivity contribution in [2.24, 2.45) is 5.14 Å². The molecule has 2 rings (SSSR count). The Balaban J connectivity index is 0.000000277. The van der Waals surface area contributed by atoms with Crippen LogP contribution in [0.15, 0.2) is 24.3 Å². The van der Waals surface area contributed by atoms with Crippen LogP contribution in [0.1, 0.15) is 49.7 Å². The minimum atomic E-state index is -3.79. The molecule has 1 saturated carbocycles. The van der Waals surface area contributed by atoms with Gasteiger partial charge in [0.1, 0.15) is 0 Å². The van der Waals surface area contributed by atoms with Crippen molar-refractivity contribution in [1.29, 1.82) is 0 Å². The fourth-order valence-electron chi connectivity index (χ4n) is 2.45. The molecule has 0 aliphatic heterocycles. The summed E-state index contributed by atoms with van der Waals surface area (Å²) in [6.45, 7) is 2.16. The lowest BCUT2D eigenvalue weighted by Crippen LogP contribution is -2.30. The first kappa shape index (κ1) is 20.1. The molecule has 0 spiro atoms. The van der Waals surface area contributed by atoms with E-state index >= 15 is 0 Å². The Hall–Kier alpha value is -0.990. The maximum Gasteiger partial charge on any atom is 0.333 e. The van der Waals surface area contributed by atoms with Gasteiger partial charge in [-0.25, -0.2) is 5.14 Å². The number of aryl methyl sites for hydroxylation is 2. The van der Waals surface area contributed by atoms with E-state index in [4.69, 9.17) is 15.4 Å². The van der Waals surface area contributed by atoms with Crippen LogP contribution in [0.2, 0.25) is 0 Å². The predicted octanol–water partition coefficient (Wildman–Crippen LogP) is 1.78. The van der Waals surface area contributed by atoms with Gasteiger partial charge in [-0.05, 0) is 43.7 Å². The van der Waals surface area contributed by atoms with Crippen LogP contribution in [0.4, 0.5) is 0 Å². The summed E-state index contributed by atoms with van der Waals surface area (Å²) in [6.07, 6.45) is 5.65. The molecule has 0 saturated heterocycles. The van der Waals surface area contributed by atoms with Crippen molar-refractivity contribution in [3.8, 4) is 0 Å². The Morgan fingerprint density at radius 3 is 2.26 bits per heavy atom. The smallest absolute Gasteiger partial charge is 0.333 e. The lowest BCUT2D eigenvalue weighted by molar-refractivity contribution is -0.180. The van der Waals surface area contributed by atoms with Crippen LogP contribution >= 0.6 is 0 Å². The largest absolute Gasteiger partial charge is 0.366 e. The first-order valence-corrected chi connectivity index (χ1v) is 9.33. The van der Waals surface area contributed by atoms with Crippen molar-refractivity contribution in [2.75, 3.05) is 6.61 Å². The summed E-state index contributed by atoms with van der Waals surface area (Å²) >= 11 is 0. The molecule has 0 atom stereocenters. The summed E-state index contributed by atoms with van der Waals surface area (Å²) in [5, 5.41) is 22.6. The molecular formula is C16H27NO5S. The van der Waals surface area contributed by atoms with E-state index in [9.17, 15) is 8.42 Å². The lowest BCUT2D eigenvalue weighted by atomic mass is 9.95. The van der Waals surface area contributed by atoms with Crippen molar-refractivity contribution in [1.82, 2.24) is 0 Å². The molecule has 1 aromatic rings. The summed E-state index contributed by atoms with van der Waals surface area (Å²) in [5.41, 5.74) is 2.41. The summed E-state index contributed by atoms with van der Waals surface area (Å²) in [4.78, 5) is 0. The second-order valence-corrected chi connectivity index (χ2v) is 7.11. The topological polar surface area (TPSA) is 110 Å². The molecule has 1 aliphatic carbocycles. The van der Waals surface area contributed by atoms with Crippen molar-refractivity contribution < 1.29 is 22.8 Å². The summed E-state index contributed by atoms with van der Waals surface area (Å²) < 4.78 is 25.4. The standard InChI is InChI=1S/C10H15NO3S.C6H12O2/c1-9-5-2-3-6-10(9)7-4-8-14-15(11,12)13;7-6(8)4-2-1-3-5-6/h2-3,5-6H,4,7-8H2,1H3,(H2,11,12,13);7-8H,1-5H2. The Labute approximate surface area is 138 Å². The van der Waals surface area contributed by atoms with E-state index in [0.29, 0.717) is 19.3 Å². The number of rotatable bonds is 5. The van der Waals surface area contributed by atoms with Gasteiger partial charge >= 0.3 is 10.3 Å². The van der Waals surface area contributed by atoms with Crippen LogP contribution in [-0.2, 0) is 20.9 Å². The Morgan fingerprint density at radius 1 is 1.17 bits per heavy atom. The third kappa shape index (κ3) is 9.68. The monoisotopic (exact) mass is 345 g/mol. The maximum absolute atomic E-state index is 10.5. The number of nitrogens with two attached hydrogens (primary N) is 1. The van der Waals surface area contributed by atoms with Gasteiger partial charge < -0.3 is 10.2 Å². The molecule has 0 heterocycles. The van der Waals surface area contributed by atoms with Gasteiger partial charge in [0.2, 0.25) is 0 Å². The summed E-state index contributed by atoms with van der Waals surface area (Å²) in [7, 11) is -3.79. The molecule has 7 heteroatoms. The van der Waals surface area contributed by atoms with E-state index < -0.39 is 16.1 Å². The third-order valence-electron chi connectivity index (χ3n) is 3.75. The van der Waals surface area contributed by atoms with Crippen molar-refractivity contribution in [3.05, 3.63) is 35.4 Å². The summed E-state index contributed by atoms with van der Waals surface area (Å²) in [6, 6.07) is 7.98. The zero-order valence-electron chi connectivity index (χ0n) is 13.6. The van der Waals surface area contributed by atoms with Crippen LogP contribution in [0.3, 0.4) is 0 Å². The summed E-state index contributed by atoms with van der Waals surface area (Å²) in [5.74, 6) is -1.32. The van der Waals surface area contributed by atoms with Crippen molar-refractivity contribution in [3.63, 3.8) is 0 Å². The van der Waals surface area contributed by atoms with E-state index in [-0.39, 0.29) is 6.61 Å². The molecule has 0 unspecified atom stereocenters. The van der Waals surface area contributed by atoms with Gasteiger partial charge in [0.05, 0.1) is 6.61 Å². The molecule has 0 amide bonds. The van der Waals surface area contributed by atoms with E-state index in [0.717, 1.165) is 25.7 Å². The lowest BCUT2D eigenvalue weighted by Gasteiger charge is -2.25. The molecule has 6 nitrogen and oxygen atoms in total. The highest BCUT2D eigenvalue weighted by Crippen LogP contribution is 2.24. The first-order valence-electron chi connectivity index (χ1n) is 7.86. The second kappa shape index (κ2) is 9.34. The molecule has 0 radical (unpaired) electrons. The van der Waals surface area contributed by atoms with Crippen LogP contribution in [-0.4, -0.2) is 31.0 Å². The highest BCUT2D eigenvalue weighted by atomic mass is 32.2. The number of benzene rings is 1. The SMILES string of the molecule is Cc1ccccc1CCCOS(N)(=O)=O.OC1(O)CCCCC1. The van der Waals surface area contributed by atoms with E-state index in [1.807, 2.05) is 31.2 Å². The third-order valence-corrected chi connectivity index (χ3v) is 4.25. The molecule has 4 N–H and O–H groups in total. The fourth-order valence-corrected chi connectivity index (χ4v) is 2.80. The van der Waals surface area contributed by atoms with Crippen LogP contribution in [0, 0.1) is 6.92 Å². The van der Waals surface area contributed by atoms with Crippen molar-refractivity contribution in [2.45, 2.75) is 57.7 Å². The molecule has 1 fully saturated rings. The van der Waals surface area contributed by atoms with E-state index in [1.165, 1.54) is 11.1 Å². The normalized spacial score (nSPS) is 17.2. The van der Waals surface area contributed by atoms with E-state index in [1.54, 1.807) is 0 Å². The van der Waals surface area contributed by atoms with Gasteiger partial charge in [-0.3, -0.25) is 4.18 Å². The van der Waals surface area contributed by atoms with Gasteiger partial charge in [0, 0.05) is 12.8 Å². The highest BCUT2D eigenvalue weighted by molar-refractivity contribution is 7.84. The first-order chi connectivity index (χ1) is 10.7. The number of hydrogen-bond donors (Lipinski definition) is 3. The molecular weight excluding hydrogens is 318 g/mol. The van der Waals surface area contributed by atoms with Crippen LogP contribution in [0.25, 0.3) is 0 Å². The Morgan fingerprint density at radius 2 is 1.78 bits per heavy atom. The molecule has 0 bridgehead atoms. The van der Waals surface area contributed by atoms with Gasteiger partial charge in [0.25, 0.3) is 0 Å². The molecule has 1 aromatic carbocycles. The predicted molar refractivity (Wildman–Crippen MR) is 88.8 cm³/mol. The van der Waals surface area contributed by atoms with Gasteiger partial charge in [0.15, 0.2) is 5.79 Å². The number of aliphatic hydroxyl groups is 2. The minimum absolute atomic E-state index is 0.132. The highest BCUT2D eigenvalue weighted by Gasteiger charge is 2.24. The molecule has 23 heavy (non-hydrogen) atoms. The maximum atomic E-state index is 10.5. The fraction of sp³-hybridized carbons (Fsp3) is 0.625. The zero-order valence-corrected chi connectivity index (χ0v) is 14.4. The van der Waals surface area contributed by atoms with Gasteiger partial charge in [-0.1, -0.05) is 30.7 Å². The van der Waals surface area contributed by atoms with Crippen LogP contribution < -0.4 is 5.14 Å². The average molecular weight is 345 g/mol. The second-order valence-electron chi connectivity index (χ2n) is 5.89. The van der Waals surface area contributed by atoms with Gasteiger partial charge in [-0.15, -0.1) is 0 Å². The number of hydrogen-bond acceptors (Lipinski definition) is 5. The van der Waals surface area contributed by atoms with Crippen LogP contribution in [0.5, 0.6) is 0 Å².